The summed E-state index contributed by atoms with van der Waals surface area (Å²) in [6.07, 6.45) is 1.73. The van der Waals surface area contributed by atoms with Crippen molar-refractivity contribution in [2.24, 2.45) is 5.92 Å². The average Bonchev–Trinajstić information content (AvgIpc) is 3.08. The lowest BCUT2D eigenvalue weighted by Gasteiger charge is -2.31. The van der Waals surface area contributed by atoms with Crippen LogP contribution in [0.3, 0.4) is 0 Å². The lowest BCUT2D eigenvalue weighted by Crippen LogP contribution is -2.38. The highest BCUT2D eigenvalue weighted by Gasteiger charge is 2.27. The summed E-state index contributed by atoms with van der Waals surface area (Å²) in [6.45, 7) is 8.04. The molecule has 27 heavy (non-hydrogen) atoms. The molecule has 0 saturated carbocycles. The summed E-state index contributed by atoms with van der Waals surface area (Å²) in [7, 11) is 0. The Bertz CT molecular complexity index is 986. The molecule has 0 spiro atoms. The third kappa shape index (κ3) is 3.69. The topological polar surface area (TPSA) is 45.2 Å². The van der Waals surface area contributed by atoms with Gasteiger partial charge in [0, 0.05) is 24.7 Å². The maximum absolute atomic E-state index is 12.6. The minimum atomic E-state index is 0.0687. The van der Waals surface area contributed by atoms with Crippen molar-refractivity contribution in [3.63, 3.8) is 0 Å². The first-order valence-corrected chi connectivity index (χ1v) is 10.3. The fraction of sp³-hybridized carbons (Fsp3) is 0.364. The van der Waals surface area contributed by atoms with Crippen molar-refractivity contribution in [3.05, 3.63) is 53.1 Å². The molecule has 3 aromatic rings. The minimum Gasteiger partial charge on any atom is -0.348 e. The molecule has 5 heteroatoms. The maximum Gasteiger partial charge on any atom is 0.227 e. The van der Waals surface area contributed by atoms with Crippen LogP contribution in [0, 0.1) is 26.7 Å². The molecule has 4 rings (SSSR count). The van der Waals surface area contributed by atoms with Crippen LogP contribution in [0.25, 0.3) is 10.2 Å². The molecule has 1 N–H and O–H groups in total. The van der Waals surface area contributed by atoms with Crippen LogP contribution in [0.1, 0.15) is 29.5 Å². The Morgan fingerprint density at radius 1 is 1.11 bits per heavy atom. The summed E-state index contributed by atoms with van der Waals surface area (Å²) in [4.78, 5) is 19.8. The van der Waals surface area contributed by atoms with Gasteiger partial charge < -0.3 is 10.2 Å². The predicted molar refractivity (Wildman–Crippen MR) is 114 cm³/mol. The third-order valence-electron chi connectivity index (χ3n) is 5.36. The van der Waals surface area contributed by atoms with Crippen LogP contribution in [0.4, 0.5) is 10.8 Å². The summed E-state index contributed by atoms with van der Waals surface area (Å²) in [5, 5.41) is 4.18. The molecule has 1 aromatic heterocycles. The van der Waals surface area contributed by atoms with E-state index in [1.165, 1.54) is 15.8 Å². The molecule has 0 radical (unpaired) electrons. The number of nitrogens with one attached hydrogen (secondary N) is 1. The molecule has 1 aliphatic rings. The van der Waals surface area contributed by atoms with Gasteiger partial charge in [0.05, 0.1) is 10.2 Å². The number of fused-ring (bicyclic) bond motifs is 1. The van der Waals surface area contributed by atoms with E-state index in [0.29, 0.717) is 0 Å². The number of hydrogen-bond donors (Lipinski definition) is 1. The monoisotopic (exact) mass is 379 g/mol. The lowest BCUT2D eigenvalue weighted by molar-refractivity contribution is -0.120. The van der Waals surface area contributed by atoms with Crippen molar-refractivity contribution in [1.82, 2.24) is 4.98 Å². The van der Waals surface area contributed by atoms with Crippen LogP contribution >= 0.6 is 11.3 Å². The van der Waals surface area contributed by atoms with Crippen LogP contribution in [0.15, 0.2) is 36.4 Å². The Balaban J connectivity index is 1.42. The molecular weight excluding hydrogens is 354 g/mol. The van der Waals surface area contributed by atoms with E-state index in [4.69, 9.17) is 4.98 Å². The van der Waals surface area contributed by atoms with Crippen molar-refractivity contribution in [3.8, 4) is 0 Å². The summed E-state index contributed by atoms with van der Waals surface area (Å²) in [5.74, 6) is 0.207. The molecule has 2 aromatic carbocycles. The van der Waals surface area contributed by atoms with Gasteiger partial charge >= 0.3 is 0 Å². The van der Waals surface area contributed by atoms with Gasteiger partial charge in [0.1, 0.15) is 0 Å². The smallest absolute Gasteiger partial charge is 0.227 e. The lowest BCUT2D eigenvalue weighted by atomic mass is 9.96. The number of carbonyl (C=O) groups is 1. The Morgan fingerprint density at radius 3 is 2.59 bits per heavy atom. The number of benzene rings is 2. The molecule has 1 fully saturated rings. The first-order chi connectivity index (χ1) is 13.0. The van der Waals surface area contributed by atoms with Crippen molar-refractivity contribution in [1.29, 1.82) is 0 Å². The van der Waals surface area contributed by atoms with Crippen LogP contribution in [-0.2, 0) is 4.79 Å². The second kappa shape index (κ2) is 7.31. The van der Waals surface area contributed by atoms with E-state index in [1.54, 1.807) is 11.3 Å². The van der Waals surface area contributed by atoms with E-state index >= 15 is 0 Å². The van der Waals surface area contributed by atoms with Crippen molar-refractivity contribution in [2.45, 2.75) is 33.6 Å². The van der Waals surface area contributed by atoms with Gasteiger partial charge in [-0.1, -0.05) is 35.6 Å². The molecule has 0 atom stereocenters. The number of aromatic nitrogens is 1. The van der Waals surface area contributed by atoms with Gasteiger partial charge in [-0.3, -0.25) is 4.79 Å². The zero-order valence-electron chi connectivity index (χ0n) is 16.1. The first kappa shape index (κ1) is 18.0. The number of nitrogens with zero attached hydrogens (tertiary/aromatic N) is 2. The summed E-state index contributed by atoms with van der Waals surface area (Å²) in [5.41, 5.74) is 5.65. The van der Waals surface area contributed by atoms with E-state index in [0.717, 1.165) is 47.8 Å². The van der Waals surface area contributed by atoms with Gasteiger partial charge in [-0.2, -0.15) is 0 Å². The van der Waals surface area contributed by atoms with Gasteiger partial charge in [0.25, 0.3) is 0 Å². The predicted octanol–water partition coefficient (Wildman–Crippen LogP) is 5.08. The Morgan fingerprint density at radius 2 is 1.85 bits per heavy atom. The molecule has 0 unspecified atom stereocenters. The van der Waals surface area contributed by atoms with Crippen LogP contribution in [0.2, 0.25) is 0 Å². The van der Waals surface area contributed by atoms with Gasteiger partial charge in [0.2, 0.25) is 5.91 Å². The van der Waals surface area contributed by atoms with Crippen LogP contribution in [-0.4, -0.2) is 24.0 Å². The molecule has 2 heterocycles. The quantitative estimate of drug-likeness (QED) is 0.690. The molecule has 4 nitrogen and oxygen atoms in total. The molecule has 1 amide bonds. The zero-order valence-corrected chi connectivity index (χ0v) is 16.9. The largest absolute Gasteiger partial charge is 0.348 e. The molecule has 1 aliphatic heterocycles. The SMILES string of the molecule is Cc1cc(C)c2nc(N3CCC(C(=O)Nc4ccccc4C)CC3)sc2c1. The second-order valence-corrected chi connectivity index (χ2v) is 8.50. The molecule has 0 aliphatic carbocycles. The number of carbonyl (C=O) groups excluding carboxylic acids is 1. The highest BCUT2D eigenvalue weighted by molar-refractivity contribution is 7.22. The zero-order chi connectivity index (χ0) is 19.0. The number of rotatable bonds is 3. The number of hydrogen-bond acceptors (Lipinski definition) is 4. The highest BCUT2D eigenvalue weighted by atomic mass is 32.1. The first-order valence-electron chi connectivity index (χ1n) is 9.50. The van der Waals surface area contributed by atoms with E-state index in [1.807, 2.05) is 31.2 Å². The fourth-order valence-electron chi connectivity index (χ4n) is 3.78. The number of amides is 1. The van der Waals surface area contributed by atoms with Crippen LogP contribution < -0.4 is 10.2 Å². The van der Waals surface area contributed by atoms with Gasteiger partial charge in [0.15, 0.2) is 5.13 Å². The van der Waals surface area contributed by atoms with E-state index < -0.39 is 0 Å². The summed E-state index contributed by atoms with van der Waals surface area (Å²) >= 11 is 1.76. The van der Waals surface area contributed by atoms with E-state index in [2.05, 4.69) is 36.2 Å². The van der Waals surface area contributed by atoms with Gasteiger partial charge in [-0.15, -0.1) is 0 Å². The standard InChI is InChI=1S/C22H25N3OS/c1-14-12-16(3)20-19(13-14)27-22(24-20)25-10-8-17(9-11-25)21(26)23-18-7-5-4-6-15(18)2/h4-7,12-13,17H,8-11H2,1-3H3,(H,23,26). The number of anilines is 2. The number of thiazole rings is 1. The number of piperidine rings is 1. The molecule has 0 bridgehead atoms. The summed E-state index contributed by atoms with van der Waals surface area (Å²) < 4.78 is 1.25. The molecule has 140 valence electrons. The normalized spacial score (nSPS) is 15.3. The Kier molecular flexibility index (Phi) is 4.87. The number of aryl methyl sites for hydroxylation is 3. The maximum atomic E-state index is 12.6. The van der Waals surface area contributed by atoms with Crippen LogP contribution in [0.5, 0.6) is 0 Å². The van der Waals surface area contributed by atoms with Crippen molar-refractivity contribution in [2.75, 3.05) is 23.3 Å². The van der Waals surface area contributed by atoms with Crippen molar-refractivity contribution < 1.29 is 4.79 Å². The third-order valence-corrected chi connectivity index (χ3v) is 6.42. The average molecular weight is 380 g/mol. The van der Waals surface area contributed by atoms with Gasteiger partial charge in [-0.25, -0.2) is 4.98 Å². The molecular formula is C22H25N3OS. The Hall–Kier alpha value is -2.40. The van der Waals surface area contributed by atoms with E-state index in [9.17, 15) is 4.79 Å². The second-order valence-electron chi connectivity index (χ2n) is 7.49. The summed E-state index contributed by atoms with van der Waals surface area (Å²) in [6, 6.07) is 12.3. The van der Waals surface area contributed by atoms with Crippen molar-refractivity contribution >= 4 is 38.3 Å². The molecule has 1 saturated heterocycles. The Labute approximate surface area is 164 Å². The van der Waals surface area contributed by atoms with E-state index in [-0.39, 0.29) is 11.8 Å². The van der Waals surface area contributed by atoms with Gasteiger partial charge in [-0.05, 0) is 62.4 Å². The minimum absolute atomic E-state index is 0.0687. The number of para-hydroxylation sites is 1. The highest BCUT2D eigenvalue weighted by Crippen LogP contribution is 2.33. The fourth-order valence-corrected chi connectivity index (χ4v) is 4.97.